The topological polar surface area (TPSA) is 78.9 Å². The van der Waals surface area contributed by atoms with E-state index in [0.717, 1.165) is 37.2 Å². The Morgan fingerprint density at radius 3 is 2.46 bits per heavy atom. The van der Waals surface area contributed by atoms with E-state index in [-0.39, 0.29) is 30.4 Å². The Kier molecular flexibility index (Phi) is 5.48. The summed E-state index contributed by atoms with van der Waals surface area (Å²) in [4.78, 5) is 25.5. The normalized spacial score (nSPS) is 22.5. The van der Waals surface area contributed by atoms with Gasteiger partial charge in [0, 0.05) is 25.2 Å². The van der Waals surface area contributed by atoms with Crippen molar-refractivity contribution in [3.05, 3.63) is 29.8 Å². The number of amides is 2. The van der Waals surface area contributed by atoms with Gasteiger partial charge in [-0.2, -0.15) is 0 Å². The quantitative estimate of drug-likeness (QED) is 0.792. The zero-order valence-electron chi connectivity index (χ0n) is 13.7. The van der Waals surface area contributed by atoms with Gasteiger partial charge < -0.3 is 14.7 Å². The third-order valence-corrected chi connectivity index (χ3v) is 4.79. The largest absolute Gasteiger partial charge is 0.394 e. The molecule has 0 aromatic heterocycles. The monoisotopic (exact) mass is 332 g/mol. The fourth-order valence-electron chi connectivity index (χ4n) is 3.43. The van der Waals surface area contributed by atoms with Crippen molar-refractivity contribution < 1.29 is 19.4 Å². The minimum absolute atomic E-state index is 0.0714. The lowest BCUT2D eigenvalue weighted by molar-refractivity contribution is -0.134. The zero-order chi connectivity index (χ0) is 16.9. The third kappa shape index (κ3) is 3.94. The highest BCUT2D eigenvalue weighted by atomic mass is 16.5. The van der Waals surface area contributed by atoms with Gasteiger partial charge in [-0.1, -0.05) is 12.1 Å². The number of nitrogens with zero attached hydrogens (tertiary/aromatic N) is 1. The smallest absolute Gasteiger partial charge is 0.234 e. The molecule has 2 fully saturated rings. The lowest BCUT2D eigenvalue weighted by atomic mass is 9.90. The first-order valence-electron chi connectivity index (χ1n) is 8.58. The molecule has 0 saturated carbocycles. The van der Waals surface area contributed by atoms with Crippen molar-refractivity contribution in [1.82, 2.24) is 5.32 Å². The van der Waals surface area contributed by atoms with Crippen LogP contribution in [0.25, 0.3) is 0 Å². The molecule has 2 aliphatic heterocycles. The molecule has 3 rings (SSSR count). The highest BCUT2D eigenvalue weighted by molar-refractivity contribution is 6.00. The number of hydrogen-bond acceptors (Lipinski definition) is 5. The number of aliphatic hydroxyl groups is 1. The van der Waals surface area contributed by atoms with Gasteiger partial charge in [0.1, 0.15) is 0 Å². The summed E-state index contributed by atoms with van der Waals surface area (Å²) in [6, 6.07) is 8.08. The highest BCUT2D eigenvalue weighted by Gasteiger charge is 2.28. The van der Waals surface area contributed by atoms with Crippen molar-refractivity contribution >= 4 is 17.5 Å². The van der Waals surface area contributed by atoms with Crippen LogP contribution in [0.2, 0.25) is 0 Å². The molecule has 24 heavy (non-hydrogen) atoms. The third-order valence-electron chi connectivity index (χ3n) is 4.79. The number of piperidine rings is 2. The van der Waals surface area contributed by atoms with Gasteiger partial charge in [0.2, 0.25) is 11.8 Å². The van der Waals surface area contributed by atoms with E-state index < -0.39 is 0 Å². The fraction of sp³-hybridized carbons (Fsp3) is 0.556. The number of benzene rings is 1. The van der Waals surface area contributed by atoms with Crippen molar-refractivity contribution in [2.45, 2.75) is 37.7 Å². The van der Waals surface area contributed by atoms with E-state index in [9.17, 15) is 9.59 Å². The van der Waals surface area contributed by atoms with Crippen molar-refractivity contribution in [2.24, 2.45) is 0 Å². The second-order valence-corrected chi connectivity index (χ2v) is 6.38. The summed E-state index contributed by atoms with van der Waals surface area (Å²) >= 11 is 0. The lowest BCUT2D eigenvalue weighted by Crippen LogP contribution is -2.39. The Morgan fingerprint density at radius 2 is 1.83 bits per heavy atom. The Bertz CT molecular complexity index is 579. The van der Waals surface area contributed by atoms with E-state index in [1.165, 1.54) is 0 Å². The number of rotatable bonds is 5. The van der Waals surface area contributed by atoms with Gasteiger partial charge in [-0.05, 0) is 37.0 Å². The Labute approximate surface area is 141 Å². The number of nitrogens with one attached hydrogen (secondary N) is 1. The molecule has 2 aliphatic rings. The van der Waals surface area contributed by atoms with Gasteiger partial charge in [-0.25, -0.2) is 0 Å². The minimum atomic E-state index is -0.227. The van der Waals surface area contributed by atoms with Crippen molar-refractivity contribution in [1.29, 1.82) is 0 Å². The summed E-state index contributed by atoms with van der Waals surface area (Å²) in [6.45, 7) is 2.33. The fourth-order valence-corrected chi connectivity index (χ4v) is 3.43. The summed E-state index contributed by atoms with van der Waals surface area (Å²) in [6.07, 6.45) is 3.12. The van der Waals surface area contributed by atoms with Crippen LogP contribution in [-0.4, -0.2) is 49.3 Å². The molecule has 0 aliphatic carbocycles. The molecule has 2 saturated heterocycles. The van der Waals surface area contributed by atoms with E-state index in [4.69, 9.17) is 9.84 Å². The van der Waals surface area contributed by atoms with Crippen LogP contribution >= 0.6 is 0 Å². The Balaban J connectivity index is 1.57. The minimum Gasteiger partial charge on any atom is -0.394 e. The van der Waals surface area contributed by atoms with Crippen LogP contribution in [-0.2, 0) is 14.3 Å². The summed E-state index contributed by atoms with van der Waals surface area (Å²) in [5, 5.41) is 11.2. The van der Waals surface area contributed by atoms with Gasteiger partial charge in [0.15, 0.2) is 0 Å². The molecule has 2 amide bonds. The number of carbonyl (C=O) groups excluding carboxylic acids is 2. The van der Waals surface area contributed by atoms with E-state index in [1.807, 2.05) is 24.3 Å². The van der Waals surface area contributed by atoms with Gasteiger partial charge in [0.05, 0.1) is 25.2 Å². The first-order valence-corrected chi connectivity index (χ1v) is 8.58. The zero-order valence-corrected chi connectivity index (χ0v) is 13.7. The maximum atomic E-state index is 11.9. The number of hydrogen-bond donors (Lipinski definition) is 2. The van der Waals surface area contributed by atoms with Gasteiger partial charge in [-0.3, -0.25) is 14.9 Å². The van der Waals surface area contributed by atoms with Crippen LogP contribution in [0.4, 0.5) is 5.69 Å². The average molecular weight is 332 g/mol. The van der Waals surface area contributed by atoms with Crippen LogP contribution in [0.5, 0.6) is 0 Å². The number of aliphatic hydroxyl groups excluding tert-OH is 1. The van der Waals surface area contributed by atoms with E-state index in [0.29, 0.717) is 19.4 Å². The molecular formula is C18H24N2O4. The number of anilines is 1. The summed E-state index contributed by atoms with van der Waals surface area (Å²) < 4.78 is 5.59. The molecule has 6 nitrogen and oxygen atoms in total. The number of carbonyl (C=O) groups is 2. The lowest BCUT2D eigenvalue weighted by Gasteiger charge is -2.33. The Hall–Kier alpha value is -1.92. The van der Waals surface area contributed by atoms with Crippen molar-refractivity contribution in [3.8, 4) is 0 Å². The van der Waals surface area contributed by atoms with Crippen LogP contribution in [0.15, 0.2) is 24.3 Å². The van der Waals surface area contributed by atoms with Gasteiger partial charge in [-0.15, -0.1) is 0 Å². The van der Waals surface area contributed by atoms with E-state index in [1.54, 1.807) is 0 Å². The first-order chi connectivity index (χ1) is 11.7. The summed E-state index contributed by atoms with van der Waals surface area (Å²) in [5.41, 5.74) is 2.11. The molecule has 6 heteroatoms. The molecule has 0 spiro atoms. The molecule has 1 aromatic rings. The molecular weight excluding hydrogens is 308 g/mol. The number of ether oxygens (including phenoxy) is 1. The van der Waals surface area contributed by atoms with E-state index >= 15 is 0 Å². The molecule has 2 heterocycles. The highest BCUT2D eigenvalue weighted by Crippen LogP contribution is 2.28. The standard InChI is InChI=1S/C18H24N2O4/c21-11-12-24-15-7-9-20(10-8-15)14-3-1-13(2-4-14)16-5-6-17(22)19-18(16)23/h1-4,15-16,21H,5-12H2,(H,19,22,23). The van der Waals surface area contributed by atoms with Gasteiger partial charge >= 0.3 is 0 Å². The van der Waals surface area contributed by atoms with Crippen LogP contribution in [0.3, 0.4) is 0 Å². The molecule has 2 N–H and O–H groups in total. The maximum absolute atomic E-state index is 11.9. The molecule has 1 aromatic carbocycles. The van der Waals surface area contributed by atoms with Crippen LogP contribution < -0.4 is 10.2 Å². The second-order valence-electron chi connectivity index (χ2n) is 6.38. The van der Waals surface area contributed by atoms with Crippen LogP contribution in [0, 0.1) is 0 Å². The van der Waals surface area contributed by atoms with E-state index in [2.05, 4.69) is 10.2 Å². The molecule has 1 atom stereocenters. The molecule has 0 radical (unpaired) electrons. The summed E-state index contributed by atoms with van der Waals surface area (Å²) in [5.74, 6) is -0.602. The molecule has 0 bridgehead atoms. The predicted molar refractivity (Wildman–Crippen MR) is 89.8 cm³/mol. The Morgan fingerprint density at radius 1 is 1.12 bits per heavy atom. The van der Waals surface area contributed by atoms with Crippen molar-refractivity contribution in [3.63, 3.8) is 0 Å². The first kappa shape index (κ1) is 16.9. The SMILES string of the molecule is O=C1CCC(c2ccc(N3CCC(OCCO)CC3)cc2)C(=O)N1. The summed E-state index contributed by atoms with van der Waals surface area (Å²) in [7, 11) is 0. The van der Waals surface area contributed by atoms with Gasteiger partial charge in [0.25, 0.3) is 0 Å². The molecule has 130 valence electrons. The average Bonchev–Trinajstić information content (AvgIpc) is 2.61. The maximum Gasteiger partial charge on any atom is 0.234 e. The predicted octanol–water partition coefficient (Wildman–Crippen LogP) is 1.18. The second kappa shape index (κ2) is 7.77. The molecule has 1 unspecified atom stereocenters. The van der Waals surface area contributed by atoms with Crippen LogP contribution in [0.1, 0.15) is 37.2 Å². The number of imide groups is 1. The van der Waals surface area contributed by atoms with Crippen molar-refractivity contribution in [2.75, 3.05) is 31.2 Å².